The Balaban J connectivity index is 1.60. The predicted molar refractivity (Wildman–Crippen MR) is 105 cm³/mol. The van der Waals surface area contributed by atoms with E-state index in [-0.39, 0.29) is 0 Å². The number of aryl methyl sites for hydroxylation is 3. The molecule has 0 bridgehead atoms. The van der Waals surface area contributed by atoms with Crippen LogP contribution in [0.3, 0.4) is 0 Å². The number of aliphatic imine (C=N–C) groups is 1. The maximum absolute atomic E-state index is 5.68. The molecule has 0 saturated carbocycles. The number of nitrogens with zero attached hydrogens (tertiary/aromatic N) is 3. The number of hydrogen-bond acceptors (Lipinski definition) is 3. The highest BCUT2D eigenvalue weighted by Crippen LogP contribution is 2.15. The van der Waals surface area contributed by atoms with Gasteiger partial charge < -0.3 is 15.4 Å². The van der Waals surface area contributed by atoms with E-state index in [9.17, 15) is 0 Å². The molecule has 0 unspecified atom stereocenters. The molecule has 0 radical (unpaired) electrons. The second-order valence-corrected chi connectivity index (χ2v) is 6.65. The van der Waals surface area contributed by atoms with Gasteiger partial charge in [-0.25, -0.2) is 0 Å². The predicted octanol–water partition coefficient (Wildman–Crippen LogP) is 2.90. The van der Waals surface area contributed by atoms with Gasteiger partial charge in [-0.15, -0.1) is 0 Å². The zero-order valence-electron chi connectivity index (χ0n) is 15.1. The summed E-state index contributed by atoms with van der Waals surface area (Å²) < 4.78 is 8.76. The fourth-order valence-corrected chi connectivity index (χ4v) is 2.69. The number of rotatable bonds is 8. The van der Waals surface area contributed by atoms with Crippen LogP contribution in [-0.2, 0) is 6.54 Å². The molecule has 0 saturated heterocycles. The first-order valence-electron chi connectivity index (χ1n) is 8.42. The van der Waals surface area contributed by atoms with E-state index in [4.69, 9.17) is 4.74 Å². The summed E-state index contributed by atoms with van der Waals surface area (Å²) in [6, 6.07) is 9.91. The number of guanidine groups is 1. The summed E-state index contributed by atoms with van der Waals surface area (Å²) in [5.74, 6) is 1.64. The molecular formula is C18H26BrN5O. The van der Waals surface area contributed by atoms with Crippen molar-refractivity contribution < 1.29 is 4.74 Å². The summed E-state index contributed by atoms with van der Waals surface area (Å²) in [7, 11) is 1.77. The van der Waals surface area contributed by atoms with Crippen LogP contribution in [-0.4, -0.2) is 42.5 Å². The molecule has 0 fully saturated rings. The minimum atomic E-state index is 0.577. The lowest BCUT2D eigenvalue weighted by atomic mass is 10.3. The average Bonchev–Trinajstić information content (AvgIpc) is 2.92. The SMILES string of the molecule is CN=C(NCCCn1nc(C)cc1C)NCCOc1ccc(Br)cc1. The van der Waals surface area contributed by atoms with Gasteiger partial charge in [-0.05, 0) is 50.6 Å². The molecule has 0 aliphatic carbocycles. The summed E-state index contributed by atoms with van der Waals surface area (Å²) in [6.07, 6.45) is 0.984. The highest BCUT2D eigenvalue weighted by molar-refractivity contribution is 9.10. The van der Waals surface area contributed by atoms with E-state index in [0.717, 1.165) is 41.4 Å². The van der Waals surface area contributed by atoms with E-state index >= 15 is 0 Å². The molecule has 1 heterocycles. The zero-order valence-corrected chi connectivity index (χ0v) is 16.6. The highest BCUT2D eigenvalue weighted by Gasteiger charge is 2.01. The van der Waals surface area contributed by atoms with E-state index in [2.05, 4.69) is 49.6 Å². The van der Waals surface area contributed by atoms with E-state index in [0.29, 0.717) is 13.2 Å². The van der Waals surface area contributed by atoms with Gasteiger partial charge in [0.15, 0.2) is 5.96 Å². The minimum absolute atomic E-state index is 0.577. The number of benzene rings is 1. The lowest BCUT2D eigenvalue weighted by Crippen LogP contribution is -2.39. The third-order valence-corrected chi connectivity index (χ3v) is 4.17. The van der Waals surface area contributed by atoms with Gasteiger partial charge in [0.1, 0.15) is 12.4 Å². The third kappa shape index (κ3) is 6.78. The second kappa shape index (κ2) is 10.1. The smallest absolute Gasteiger partial charge is 0.191 e. The molecule has 0 spiro atoms. The average molecular weight is 408 g/mol. The maximum Gasteiger partial charge on any atom is 0.191 e. The van der Waals surface area contributed by atoms with Crippen LogP contribution >= 0.6 is 15.9 Å². The first kappa shape index (κ1) is 19.3. The number of hydrogen-bond donors (Lipinski definition) is 2. The Morgan fingerprint density at radius 1 is 1.20 bits per heavy atom. The first-order valence-corrected chi connectivity index (χ1v) is 9.21. The molecule has 0 aliphatic rings. The van der Waals surface area contributed by atoms with Crippen molar-refractivity contribution in [1.82, 2.24) is 20.4 Å². The van der Waals surface area contributed by atoms with Crippen LogP contribution in [0.1, 0.15) is 17.8 Å². The fourth-order valence-electron chi connectivity index (χ4n) is 2.43. The van der Waals surface area contributed by atoms with Gasteiger partial charge in [0.25, 0.3) is 0 Å². The van der Waals surface area contributed by atoms with E-state index in [1.54, 1.807) is 7.05 Å². The molecular weight excluding hydrogens is 382 g/mol. The molecule has 6 nitrogen and oxygen atoms in total. The van der Waals surface area contributed by atoms with E-state index in [1.165, 1.54) is 5.69 Å². The van der Waals surface area contributed by atoms with Gasteiger partial charge in [-0.3, -0.25) is 9.67 Å². The van der Waals surface area contributed by atoms with Gasteiger partial charge in [0.2, 0.25) is 0 Å². The molecule has 136 valence electrons. The van der Waals surface area contributed by atoms with Crippen LogP contribution in [0.5, 0.6) is 5.75 Å². The Morgan fingerprint density at radius 3 is 2.56 bits per heavy atom. The topological polar surface area (TPSA) is 63.5 Å². The van der Waals surface area contributed by atoms with E-state index in [1.807, 2.05) is 35.9 Å². The second-order valence-electron chi connectivity index (χ2n) is 5.73. The zero-order chi connectivity index (χ0) is 18.1. The van der Waals surface area contributed by atoms with Gasteiger partial charge >= 0.3 is 0 Å². The van der Waals surface area contributed by atoms with Crippen LogP contribution in [0.25, 0.3) is 0 Å². The number of nitrogens with one attached hydrogen (secondary N) is 2. The minimum Gasteiger partial charge on any atom is -0.492 e. The van der Waals surface area contributed by atoms with Crippen LogP contribution in [0, 0.1) is 13.8 Å². The Hall–Kier alpha value is -2.02. The van der Waals surface area contributed by atoms with Crippen molar-refractivity contribution >= 4 is 21.9 Å². The van der Waals surface area contributed by atoms with Crippen molar-refractivity contribution in [1.29, 1.82) is 0 Å². The first-order chi connectivity index (χ1) is 12.1. The van der Waals surface area contributed by atoms with Gasteiger partial charge in [-0.1, -0.05) is 15.9 Å². The Morgan fingerprint density at radius 2 is 1.92 bits per heavy atom. The largest absolute Gasteiger partial charge is 0.492 e. The molecule has 0 atom stereocenters. The molecule has 2 aromatic rings. The molecule has 2 rings (SSSR count). The Kier molecular flexibility index (Phi) is 7.78. The lowest BCUT2D eigenvalue weighted by molar-refractivity contribution is 0.322. The summed E-state index contributed by atoms with van der Waals surface area (Å²) in [5, 5.41) is 11.0. The summed E-state index contributed by atoms with van der Waals surface area (Å²) in [4.78, 5) is 4.22. The Bertz CT molecular complexity index is 681. The maximum atomic E-state index is 5.68. The van der Waals surface area contributed by atoms with Crippen molar-refractivity contribution in [2.45, 2.75) is 26.8 Å². The van der Waals surface area contributed by atoms with Crippen LogP contribution in [0.2, 0.25) is 0 Å². The molecule has 25 heavy (non-hydrogen) atoms. The number of aromatic nitrogens is 2. The molecule has 1 aromatic carbocycles. The van der Waals surface area contributed by atoms with Crippen molar-refractivity contribution in [2.24, 2.45) is 4.99 Å². The molecule has 7 heteroatoms. The van der Waals surface area contributed by atoms with Crippen molar-refractivity contribution in [3.63, 3.8) is 0 Å². The van der Waals surface area contributed by atoms with Crippen molar-refractivity contribution in [2.75, 3.05) is 26.7 Å². The van der Waals surface area contributed by atoms with E-state index < -0.39 is 0 Å². The number of ether oxygens (including phenoxy) is 1. The van der Waals surface area contributed by atoms with Crippen LogP contribution < -0.4 is 15.4 Å². The highest BCUT2D eigenvalue weighted by atomic mass is 79.9. The molecule has 2 N–H and O–H groups in total. The molecule has 0 aliphatic heterocycles. The van der Waals surface area contributed by atoms with Gasteiger partial charge in [0.05, 0.1) is 12.2 Å². The van der Waals surface area contributed by atoms with Crippen molar-refractivity contribution in [3.8, 4) is 5.75 Å². The Labute approximate surface area is 157 Å². The molecule has 1 aromatic heterocycles. The van der Waals surface area contributed by atoms with Crippen LogP contribution in [0.4, 0.5) is 0 Å². The number of halogens is 1. The third-order valence-electron chi connectivity index (χ3n) is 3.64. The summed E-state index contributed by atoms with van der Waals surface area (Å²) >= 11 is 3.41. The summed E-state index contributed by atoms with van der Waals surface area (Å²) in [5.41, 5.74) is 2.26. The van der Waals surface area contributed by atoms with Gasteiger partial charge in [0, 0.05) is 30.3 Å². The fraction of sp³-hybridized carbons (Fsp3) is 0.444. The quantitative estimate of drug-likeness (QED) is 0.401. The van der Waals surface area contributed by atoms with Crippen LogP contribution in [0.15, 0.2) is 39.8 Å². The monoisotopic (exact) mass is 407 g/mol. The van der Waals surface area contributed by atoms with Crippen molar-refractivity contribution in [3.05, 3.63) is 46.2 Å². The summed E-state index contributed by atoms with van der Waals surface area (Å²) in [6.45, 7) is 7.10. The molecule has 0 amide bonds. The normalized spacial score (nSPS) is 11.4. The van der Waals surface area contributed by atoms with Gasteiger partial charge in [-0.2, -0.15) is 5.10 Å². The standard InChI is InChI=1S/C18H26BrN5O/c1-14-13-15(2)24(23-14)11-4-9-21-18(20-3)22-10-12-25-17-7-5-16(19)6-8-17/h5-8,13H,4,9-12H2,1-3H3,(H2,20,21,22). The lowest BCUT2D eigenvalue weighted by Gasteiger charge is -2.13.